The van der Waals surface area contributed by atoms with Crippen LogP contribution in [0.15, 0.2) is 25.6 Å². The molecule has 20 heavy (non-hydrogen) atoms. The number of furan rings is 1. The van der Waals surface area contributed by atoms with Gasteiger partial charge in [-0.2, -0.15) is 0 Å². The summed E-state index contributed by atoms with van der Waals surface area (Å²) in [5.41, 5.74) is 6.09. The summed E-state index contributed by atoms with van der Waals surface area (Å²) in [4.78, 5) is 2.25. The Labute approximate surface area is 125 Å². The maximum atomic E-state index is 6.09. The van der Waals surface area contributed by atoms with E-state index in [1.54, 1.807) is 12.1 Å². The van der Waals surface area contributed by atoms with Crippen LogP contribution in [0.5, 0.6) is 0 Å². The highest BCUT2D eigenvalue weighted by Crippen LogP contribution is 2.24. The molecule has 2 aromatic heterocycles. The van der Waals surface area contributed by atoms with Crippen LogP contribution in [0.3, 0.4) is 0 Å². The van der Waals surface area contributed by atoms with Crippen LogP contribution in [0.25, 0.3) is 11.7 Å². The molecule has 2 N–H and O–H groups in total. The predicted molar refractivity (Wildman–Crippen MR) is 76.7 cm³/mol. The zero-order valence-electron chi connectivity index (χ0n) is 11.3. The largest absolute Gasteiger partial charge is 0.444 e. The smallest absolute Gasteiger partial charge is 0.283 e. The third-order valence-electron chi connectivity index (χ3n) is 3.71. The molecule has 3 heterocycles. The Morgan fingerprint density at radius 1 is 1.40 bits per heavy atom. The van der Waals surface area contributed by atoms with Crippen LogP contribution in [0.2, 0.25) is 0 Å². The van der Waals surface area contributed by atoms with Crippen molar-refractivity contribution < 1.29 is 8.83 Å². The molecule has 3 rings (SSSR count). The lowest BCUT2D eigenvalue weighted by Crippen LogP contribution is -2.47. The topological polar surface area (TPSA) is 81.3 Å². The molecule has 6 nitrogen and oxygen atoms in total. The van der Waals surface area contributed by atoms with Crippen molar-refractivity contribution in [3.8, 4) is 11.7 Å². The molecule has 2 unspecified atom stereocenters. The second-order valence-electron chi connectivity index (χ2n) is 5.27. The van der Waals surface area contributed by atoms with Gasteiger partial charge in [0.15, 0.2) is 10.4 Å². The van der Waals surface area contributed by atoms with E-state index in [1.807, 2.05) is 0 Å². The summed E-state index contributed by atoms with van der Waals surface area (Å²) in [5.74, 6) is 2.14. The molecule has 0 spiro atoms. The van der Waals surface area contributed by atoms with Gasteiger partial charge in [0.1, 0.15) is 0 Å². The number of rotatable bonds is 3. The van der Waals surface area contributed by atoms with Gasteiger partial charge in [-0.05, 0) is 46.9 Å². The van der Waals surface area contributed by atoms with Crippen molar-refractivity contribution in [1.29, 1.82) is 0 Å². The second-order valence-corrected chi connectivity index (χ2v) is 6.05. The summed E-state index contributed by atoms with van der Waals surface area (Å²) >= 11 is 3.25. The monoisotopic (exact) mass is 340 g/mol. The van der Waals surface area contributed by atoms with Gasteiger partial charge >= 0.3 is 0 Å². The first kappa shape index (κ1) is 13.8. The van der Waals surface area contributed by atoms with Gasteiger partial charge in [0.2, 0.25) is 5.89 Å². The average Bonchev–Trinajstić information content (AvgIpc) is 3.03. The molecule has 1 fully saturated rings. The highest BCUT2D eigenvalue weighted by Gasteiger charge is 2.24. The fourth-order valence-electron chi connectivity index (χ4n) is 2.35. The van der Waals surface area contributed by atoms with Crippen LogP contribution in [0.1, 0.15) is 19.2 Å². The first-order valence-corrected chi connectivity index (χ1v) is 7.47. The molecule has 7 heteroatoms. The van der Waals surface area contributed by atoms with Gasteiger partial charge in [0.05, 0.1) is 6.54 Å². The molecule has 0 amide bonds. The number of nitrogens with zero attached hydrogens (tertiary/aromatic N) is 3. The maximum Gasteiger partial charge on any atom is 0.283 e. The number of halogens is 1. The van der Waals surface area contributed by atoms with E-state index in [-0.39, 0.29) is 6.04 Å². The van der Waals surface area contributed by atoms with E-state index in [2.05, 4.69) is 38.0 Å². The van der Waals surface area contributed by atoms with Gasteiger partial charge in [0, 0.05) is 12.6 Å². The van der Waals surface area contributed by atoms with Crippen molar-refractivity contribution in [3.05, 3.63) is 22.7 Å². The molecule has 0 aromatic carbocycles. The van der Waals surface area contributed by atoms with Gasteiger partial charge in [0.25, 0.3) is 5.89 Å². The lowest BCUT2D eigenvalue weighted by Gasteiger charge is -2.34. The summed E-state index contributed by atoms with van der Waals surface area (Å²) in [6, 6.07) is 3.80. The highest BCUT2D eigenvalue weighted by molar-refractivity contribution is 9.10. The Hall–Kier alpha value is -1.18. The van der Waals surface area contributed by atoms with Crippen molar-refractivity contribution in [2.24, 2.45) is 11.7 Å². The van der Waals surface area contributed by atoms with E-state index < -0.39 is 0 Å². The number of aromatic nitrogens is 2. The third kappa shape index (κ3) is 2.94. The molecule has 0 saturated carbocycles. The normalized spacial score (nSPS) is 24.1. The zero-order chi connectivity index (χ0) is 14.1. The third-order valence-corrected chi connectivity index (χ3v) is 4.14. The standard InChI is InChI=1S/C13H17BrN4O2/c1-8-4-5-18(6-9(8)15)7-12-16-17-13(20-12)10-2-3-11(14)19-10/h2-3,8-9H,4-7,15H2,1H3. The predicted octanol–water partition coefficient (Wildman–Crippen LogP) is 2.26. The SMILES string of the molecule is CC1CCN(Cc2nnc(-c3ccc(Br)o3)o2)CC1N. The van der Waals surface area contributed by atoms with Crippen molar-refractivity contribution in [1.82, 2.24) is 15.1 Å². The fraction of sp³-hybridized carbons (Fsp3) is 0.538. The Morgan fingerprint density at radius 2 is 2.25 bits per heavy atom. The summed E-state index contributed by atoms with van der Waals surface area (Å²) in [6.07, 6.45) is 1.10. The minimum Gasteiger partial charge on any atom is -0.444 e. The van der Waals surface area contributed by atoms with Crippen molar-refractivity contribution in [3.63, 3.8) is 0 Å². The van der Waals surface area contributed by atoms with Crippen LogP contribution < -0.4 is 5.73 Å². The number of piperidine rings is 1. The second kappa shape index (κ2) is 5.67. The highest BCUT2D eigenvalue weighted by atomic mass is 79.9. The van der Waals surface area contributed by atoms with E-state index in [0.29, 0.717) is 34.7 Å². The zero-order valence-corrected chi connectivity index (χ0v) is 12.8. The molecule has 1 aliphatic heterocycles. The van der Waals surface area contributed by atoms with E-state index in [4.69, 9.17) is 14.6 Å². The van der Waals surface area contributed by atoms with E-state index in [9.17, 15) is 0 Å². The van der Waals surface area contributed by atoms with Crippen LogP contribution in [0, 0.1) is 5.92 Å². The Morgan fingerprint density at radius 3 is 2.95 bits per heavy atom. The molecule has 2 atom stereocenters. The molecule has 0 radical (unpaired) electrons. The van der Waals surface area contributed by atoms with Crippen LogP contribution >= 0.6 is 15.9 Å². The van der Waals surface area contributed by atoms with E-state index in [1.165, 1.54) is 0 Å². The average molecular weight is 341 g/mol. The fourth-order valence-corrected chi connectivity index (χ4v) is 2.66. The summed E-state index contributed by atoms with van der Waals surface area (Å²) < 4.78 is 11.7. The molecular weight excluding hydrogens is 324 g/mol. The first-order valence-electron chi connectivity index (χ1n) is 6.68. The number of nitrogens with two attached hydrogens (primary N) is 1. The Bertz CT molecular complexity index is 582. The molecular formula is C13H17BrN4O2. The maximum absolute atomic E-state index is 6.09. The van der Waals surface area contributed by atoms with Gasteiger partial charge in [-0.25, -0.2) is 0 Å². The minimum absolute atomic E-state index is 0.215. The van der Waals surface area contributed by atoms with Crippen LogP contribution in [0.4, 0.5) is 0 Å². The lowest BCUT2D eigenvalue weighted by molar-refractivity contribution is 0.150. The van der Waals surface area contributed by atoms with Crippen molar-refractivity contribution in [2.75, 3.05) is 13.1 Å². The van der Waals surface area contributed by atoms with Crippen LogP contribution in [-0.2, 0) is 6.54 Å². The van der Waals surface area contributed by atoms with Crippen LogP contribution in [-0.4, -0.2) is 34.2 Å². The van der Waals surface area contributed by atoms with Gasteiger partial charge in [-0.3, -0.25) is 4.90 Å². The summed E-state index contributed by atoms with van der Waals surface area (Å²) in [6.45, 7) is 4.71. The molecule has 1 saturated heterocycles. The van der Waals surface area contributed by atoms with E-state index in [0.717, 1.165) is 19.5 Å². The van der Waals surface area contributed by atoms with Gasteiger partial charge in [-0.15, -0.1) is 10.2 Å². The summed E-state index contributed by atoms with van der Waals surface area (Å²) in [5, 5.41) is 8.08. The Balaban J connectivity index is 1.66. The minimum atomic E-state index is 0.215. The Kier molecular flexibility index (Phi) is 3.91. The molecule has 0 bridgehead atoms. The lowest BCUT2D eigenvalue weighted by atomic mass is 9.94. The molecule has 0 aliphatic carbocycles. The number of hydrogen-bond donors (Lipinski definition) is 1. The summed E-state index contributed by atoms with van der Waals surface area (Å²) in [7, 11) is 0. The van der Waals surface area contributed by atoms with Gasteiger partial charge < -0.3 is 14.6 Å². The molecule has 108 valence electrons. The van der Waals surface area contributed by atoms with Crippen molar-refractivity contribution in [2.45, 2.75) is 25.9 Å². The van der Waals surface area contributed by atoms with Crippen molar-refractivity contribution >= 4 is 15.9 Å². The molecule has 1 aliphatic rings. The first-order chi connectivity index (χ1) is 9.61. The van der Waals surface area contributed by atoms with Gasteiger partial charge in [-0.1, -0.05) is 6.92 Å². The van der Waals surface area contributed by atoms with E-state index >= 15 is 0 Å². The molecule has 2 aromatic rings. The number of hydrogen-bond acceptors (Lipinski definition) is 6. The quantitative estimate of drug-likeness (QED) is 0.922. The number of likely N-dealkylation sites (tertiary alicyclic amines) is 1.